The fraction of sp³-hybridized carbons (Fsp3) is 0.214. The Bertz CT molecular complexity index is 637. The number of aliphatic carboxylic acids is 1. The zero-order chi connectivity index (χ0) is 15.2. The summed E-state index contributed by atoms with van der Waals surface area (Å²) in [7, 11) is 0. The van der Waals surface area contributed by atoms with Gasteiger partial charge in [-0.25, -0.2) is 4.39 Å². The molecule has 0 aliphatic heterocycles. The smallest absolute Gasteiger partial charge is 0.305 e. The first-order valence-corrected chi connectivity index (χ1v) is 6.32. The van der Waals surface area contributed by atoms with Gasteiger partial charge in [0.1, 0.15) is 11.5 Å². The van der Waals surface area contributed by atoms with Crippen molar-refractivity contribution >= 4 is 11.9 Å². The molecule has 21 heavy (non-hydrogen) atoms. The Balaban J connectivity index is 1.88. The second-order valence-electron chi connectivity index (χ2n) is 4.42. The van der Waals surface area contributed by atoms with Crippen molar-refractivity contribution in [1.29, 1.82) is 0 Å². The second-order valence-corrected chi connectivity index (χ2v) is 4.42. The number of carboxylic acids is 1. The van der Waals surface area contributed by atoms with Gasteiger partial charge in [0.25, 0.3) is 5.91 Å². The van der Waals surface area contributed by atoms with Gasteiger partial charge in [-0.05, 0) is 23.8 Å². The zero-order valence-corrected chi connectivity index (χ0v) is 11.1. The fourth-order valence-corrected chi connectivity index (χ4v) is 1.69. The Morgan fingerprint density at radius 3 is 2.62 bits per heavy atom. The zero-order valence-electron chi connectivity index (χ0n) is 11.1. The maximum absolute atomic E-state index is 12.7. The Morgan fingerprint density at radius 2 is 1.95 bits per heavy atom. The number of amides is 1. The van der Waals surface area contributed by atoms with Crippen molar-refractivity contribution in [3.8, 4) is 0 Å². The lowest BCUT2D eigenvalue weighted by molar-refractivity contribution is -0.137. The molecule has 1 aromatic carbocycles. The maximum Gasteiger partial charge on any atom is 0.305 e. The molecule has 2 rings (SSSR count). The third-order valence-corrected chi connectivity index (χ3v) is 2.79. The summed E-state index contributed by atoms with van der Waals surface area (Å²) in [6.45, 7) is 0.474. The molecule has 0 unspecified atom stereocenters. The summed E-state index contributed by atoms with van der Waals surface area (Å²) in [5.41, 5.74) is 0.984. The largest absolute Gasteiger partial charge is 0.481 e. The molecular formula is C14H14FN3O3. The van der Waals surface area contributed by atoms with Gasteiger partial charge in [0.05, 0.1) is 13.0 Å². The van der Waals surface area contributed by atoms with Gasteiger partial charge >= 0.3 is 5.97 Å². The molecule has 0 spiro atoms. The van der Waals surface area contributed by atoms with Crippen LogP contribution in [0.1, 0.15) is 22.5 Å². The van der Waals surface area contributed by atoms with E-state index in [4.69, 9.17) is 5.11 Å². The third-order valence-electron chi connectivity index (χ3n) is 2.79. The molecule has 6 nitrogen and oxygen atoms in total. The number of benzene rings is 1. The minimum absolute atomic E-state index is 0.0572. The predicted molar refractivity (Wildman–Crippen MR) is 72.1 cm³/mol. The Hall–Kier alpha value is -2.70. The highest BCUT2D eigenvalue weighted by atomic mass is 19.1. The highest BCUT2D eigenvalue weighted by Gasteiger charge is 2.09. The van der Waals surface area contributed by atoms with Crippen LogP contribution in [0.5, 0.6) is 0 Å². The van der Waals surface area contributed by atoms with Gasteiger partial charge < -0.3 is 10.4 Å². The monoisotopic (exact) mass is 291 g/mol. The highest BCUT2D eigenvalue weighted by molar-refractivity contribution is 5.92. The van der Waals surface area contributed by atoms with Crippen LogP contribution in [0.2, 0.25) is 0 Å². The number of nitrogens with one attached hydrogen (secondary N) is 1. The number of aromatic nitrogens is 2. The number of nitrogens with zero attached hydrogens (tertiary/aromatic N) is 2. The number of halogens is 1. The predicted octanol–water partition coefficient (Wildman–Crippen LogP) is 1.43. The van der Waals surface area contributed by atoms with Crippen LogP contribution < -0.4 is 5.32 Å². The topological polar surface area (TPSA) is 84.2 Å². The second kappa shape index (κ2) is 6.65. The molecule has 0 atom stereocenters. The Morgan fingerprint density at radius 1 is 1.24 bits per heavy atom. The molecule has 1 aromatic heterocycles. The maximum atomic E-state index is 12.7. The number of hydrogen-bond donors (Lipinski definition) is 2. The molecule has 2 N–H and O–H groups in total. The molecule has 1 heterocycles. The summed E-state index contributed by atoms with van der Waals surface area (Å²) in [5, 5.41) is 15.2. The molecule has 0 saturated carbocycles. The van der Waals surface area contributed by atoms with Crippen molar-refractivity contribution in [1.82, 2.24) is 15.1 Å². The number of carboxylic acid groups (broad SMARTS) is 1. The van der Waals surface area contributed by atoms with Gasteiger partial charge in [0, 0.05) is 12.7 Å². The quantitative estimate of drug-likeness (QED) is 0.843. The molecule has 0 fully saturated rings. The van der Waals surface area contributed by atoms with E-state index in [2.05, 4.69) is 10.4 Å². The van der Waals surface area contributed by atoms with Crippen LogP contribution in [0, 0.1) is 5.82 Å². The van der Waals surface area contributed by atoms with Crippen molar-refractivity contribution in [3.63, 3.8) is 0 Å². The van der Waals surface area contributed by atoms with Gasteiger partial charge in [-0.3, -0.25) is 14.3 Å². The van der Waals surface area contributed by atoms with Crippen LogP contribution in [-0.2, 0) is 17.9 Å². The number of aryl methyl sites for hydroxylation is 1. The summed E-state index contributed by atoms with van der Waals surface area (Å²) in [6.07, 6.45) is 1.49. The minimum Gasteiger partial charge on any atom is -0.481 e. The summed E-state index contributed by atoms with van der Waals surface area (Å²) >= 11 is 0. The molecule has 0 aliphatic carbocycles. The van der Waals surface area contributed by atoms with Crippen molar-refractivity contribution in [2.75, 3.05) is 0 Å². The Kier molecular flexibility index (Phi) is 4.65. The normalized spacial score (nSPS) is 10.3. The SMILES string of the molecule is O=C(O)CCn1ccc(C(=O)NCc2ccc(F)cc2)n1. The van der Waals surface area contributed by atoms with Crippen molar-refractivity contribution in [3.05, 3.63) is 53.6 Å². The van der Waals surface area contributed by atoms with Crippen LogP contribution in [0.3, 0.4) is 0 Å². The molecule has 0 bridgehead atoms. The summed E-state index contributed by atoms with van der Waals surface area (Å²) in [6, 6.07) is 7.33. The fourth-order valence-electron chi connectivity index (χ4n) is 1.69. The first-order valence-electron chi connectivity index (χ1n) is 6.32. The molecule has 7 heteroatoms. The van der Waals surface area contributed by atoms with E-state index in [9.17, 15) is 14.0 Å². The number of carbonyl (C=O) groups is 2. The summed E-state index contributed by atoms with van der Waals surface area (Å²) in [4.78, 5) is 22.3. The average Bonchev–Trinajstić information content (AvgIpc) is 2.93. The van der Waals surface area contributed by atoms with Crippen LogP contribution in [0.25, 0.3) is 0 Å². The van der Waals surface area contributed by atoms with Gasteiger partial charge in [0.2, 0.25) is 0 Å². The van der Waals surface area contributed by atoms with Crippen LogP contribution in [0.15, 0.2) is 36.5 Å². The van der Waals surface area contributed by atoms with Crippen LogP contribution in [0.4, 0.5) is 4.39 Å². The van der Waals surface area contributed by atoms with Gasteiger partial charge in [0.15, 0.2) is 0 Å². The lowest BCUT2D eigenvalue weighted by Crippen LogP contribution is -2.23. The first kappa shape index (κ1) is 14.7. The van der Waals surface area contributed by atoms with E-state index in [1.165, 1.54) is 22.9 Å². The van der Waals surface area contributed by atoms with E-state index in [0.29, 0.717) is 0 Å². The van der Waals surface area contributed by atoms with Crippen molar-refractivity contribution in [2.24, 2.45) is 0 Å². The van der Waals surface area contributed by atoms with E-state index in [0.717, 1.165) is 5.56 Å². The highest BCUT2D eigenvalue weighted by Crippen LogP contribution is 2.03. The van der Waals surface area contributed by atoms with Crippen molar-refractivity contribution in [2.45, 2.75) is 19.5 Å². The lowest BCUT2D eigenvalue weighted by atomic mass is 10.2. The third kappa shape index (κ3) is 4.41. The lowest BCUT2D eigenvalue weighted by Gasteiger charge is -2.03. The summed E-state index contributed by atoms with van der Waals surface area (Å²) < 4.78 is 14.1. The van der Waals surface area contributed by atoms with Gasteiger partial charge in [-0.2, -0.15) is 5.10 Å². The van der Waals surface area contributed by atoms with E-state index in [-0.39, 0.29) is 36.9 Å². The molecule has 110 valence electrons. The average molecular weight is 291 g/mol. The molecule has 0 aliphatic rings. The molecular weight excluding hydrogens is 277 g/mol. The molecule has 0 radical (unpaired) electrons. The Labute approximate surface area is 120 Å². The van der Waals surface area contributed by atoms with Gasteiger partial charge in [-0.15, -0.1) is 0 Å². The molecule has 2 aromatic rings. The molecule has 0 saturated heterocycles. The van der Waals surface area contributed by atoms with Crippen LogP contribution in [-0.4, -0.2) is 26.8 Å². The minimum atomic E-state index is -0.923. The standard InChI is InChI=1S/C14H14FN3O3/c15-11-3-1-10(2-4-11)9-16-14(21)12-5-7-18(17-12)8-6-13(19)20/h1-5,7H,6,8-9H2,(H,16,21)(H,19,20). The first-order chi connectivity index (χ1) is 10.0. The molecule has 1 amide bonds. The van der Waals surface area contributed by atoms with E-state index in [1.807, 2.05) is 0 Å². The number of carbonyl (C=O) groups excluding carboxylic acids is 1. The number of hydrogen-bond acceptors (Lipinski definition) is 3. The van der Waals surface area contributed by atoms with E-state index >= 15 is 0 Å². The van der Waals surface area contributed by atoms with Crippen LogP contribution >= 0.6 is 0 Å². The van der Waals surface area contributed by atoms with E-state index in [1.54, 1.807) is 18.3 Å². The van der Waals surface area contributed by atoms with Crippen molar-refractivity contribution < 1.29 is 19.1 Å². The number of rotatable bonds is 6. The summed E-state index contributed by atoms with van der Waals surface area (Å²) in [5.74, 6) is -1.62. The van der Waals surface area contributed by atoms with E-state index < -0.39 is 5.97 Å². The van der Waals surface area contributed by atoms with Gasteiger partial charge in [-0.1, -0.05) is 12.1 Å².